The number of thiophene rings is 1. The maximum absolute atomic E-state index is 9.93. The first kappa shape index (κ1) is 15.0. The Morgan fingerprint density at radius 3 is 2.84 bits per heavy atom. The molecule has 0 saturated heterocycles. The molecule has 0 aliphatic heterocycles. The topological polar surface area (TPSA) is 41.5 Å². The van der Waals surface area contributed by atoms with Gasteiger partial charge in [-0.2, -0.15) is 0 Å². The maximum Gasteiger partial charge on any atom is 0.0897 e. The molecule has 1 fully saturated rings. The molecule has 3 nitrogen and oxygen atoms in total. The Hall–Kier alpha value is -0.420. The third-order valence-electron chi connectivity index (χ3n) is 3.45. The lowest BCUT2D eigenvalue weighted by molar-refractivity contribution is 0.0305. The van der Waals surface area contributed by atoms with Gasteiger partial charge in [0, 0.05) is 24.1 Å². The molecule has 2 rings (SSSR count). The van der Waals surface area contributed by atoms with Crippen molar-refractivity contribution >= 4 is 11.3 Å². The molecule has 2 atom stereocenters. The van der Waals surface area contributed by atoms with E-state index in [1.165, 1.54) is 17.7 Å². The van der Waals surface area contributed by atoms with Crippen LogP contribution in [0.4, 0.5) is 0 Å². The fourth-order valence-electron chi connectivity index (χ4n) is 2.11. The fourth-order valence-corrected chi connectivity index (χ4v) is 3.08. The summed E-state index contributed by atoms with van der Waals surface area (Å²) in [6.45, 7) is 6.25. The van der Waals surface area contributed by atoms with Crippen molar-refractivity contribution in [2.24, 2.45) is 11.8 Å². The Bertz CT molecular complexity index is 349. The molecule has 1 aliphatic rings. The van der Waals surface area contributed by atoms with Gasteiger partial charge in [-0.25, -0.2) is 0 Å². The van der Waals surface area contributed by atoms with Crippen LogP contribution in [0.1, 0.15) is 37.6 Å². The van der Waals surface area contributed by atoms with Crippen LogP contribution in [-0.4, -0.2) is 31.0 Å². The molecule has 0 bridgehead atoms. The number of hydrogen-bond acceptors (Lipinski definition) is 4. The van der Waals surface area contributed by atoms with Crippen LogP contribution in [0, 0.1) is 11.8 Å². The van der Waals surface area contributed by atoms with Crippen molar-refractivity contribution in [2.45, 2.75) is 38.8 Å². The minimum Gasteiger partial charge on any atom is -0.389 e. The van der Waals surface area contributed by atoms with Gasteiger partial charge < -0.3 is 15.2 Å². The summed E-state index contributed by atoms with van der Waals surface area (Å²) in [5.41, 5.74) is 0. The lowest BCUT2D eigenvalue weighted by Gasteiger charge is -2.23. The second kappa shape index (κ2) is 7.39. The molecule has 4 heteroatoms. The SMILES string of the molecule is CC(C)C(NCC(O)COCC1CC1)c1cccs1. The van der Waals surface area contributed by atoms with Crippen LogP contribution in [0.3, 0.4) is 0 Å². The summed E-state index contributed by atoms with van der Waals surface area (Å²) in [6.07, 6.45) is 2.17. The quantitative estimate of drug-likeness (QED) is 0.732. The molecule has 1 aromatic heterocycles. The second-order valence-corrected chi connectivity index (χ2v) is 6.76. The molecule has 2 N–H and O–H groups in total. The van der Waals surface area contributed by atoms with Crippen LogP contribution >= 0.6 is 11.3 Å². The van der Waals surface area contributed by atoms with Crippen molar-refractivity contribution in [1.82, 2.24) is 5.32 Å². The Kier molecular flexibility index (Phi) is 5.82. The van der Waals surface area contributed by atoms with Gasteiger partial charge in [0.25, 0.3) is 0 Å². The number of hydrogen-bond donors (Lipinski definition) is 2. The highest BCUT2D eigenvalue weighted by molar-refractivity contribution is 7.10. The van der Waals surface area contributed by atoms with Crippen LogP contribution in [0.5, 0.6) is 0 Å². The van der Waals surface area contributed by atoms with Crippen LogP contribution in [0.2, 0.25) is 0 Å². The van der Waals surface area contributed by atoms with Crippen molar-refractivity contribution in [3.63, 3.8) is 0 Å². The standard InChI is InChI=1S/C15H25NO2S/c1-11(2)15(14-4-3-7-19-14)16-8-13(17)10-18-9-12-5-6-12/h3-4,7,11-13,15-17H,5-6,8-10H2,1-2H3. The van der Waals surface area contributed by atoms with Crippen molar-refractivity contribution in [1.29, 1.82) is 0 Å². The van der Waals surface area contributed by atoms with Gasteiger partial charge in [0.1, 0.15) is 0 Å². The molecule has 19 heavy (non-hydrogen) atoms. The zero-order valence-electron chi connectivity index (χ0n) is 11.8. The molecule has 1 aliphatic carbocycles. The van der Waals surface area contributed by atoms with Gasteiger partial charge in [-0.1, -0.05) is 19.9 Å². The third-order valence-corrected chi connectivity index (χ3v) is 4.41. The molecule has 2 unspecified atom stereocenters. The molecule has 0 aromatic carbocycles. The molecule has 0 spiro atoms. The largest absolute Gasteiger partial charge is 0.389 e. The van der Waals surface area contributed by atoms with E-state index in [9.17, 15) is 5.11 Å². The lowest BCUT2D eigenvalue weighted by atomic mass is 10.0. The van der Waals surface area contributed by atoms with Crippen molar-refractivity contribution in [2.75, 3.05) is 19.8 Å². The zero-order chi connectivity index (χ0) is 13.7. The normalized spacial score (nSPS) is 18.7. The van der Waals surface area contributed by atoms with E-state index in [0.29, 0.717) is 25.1 Å². The highest BCUT2D eigenvalue weighted by atomic mass is 32.1. The maximum atomic E-state index is 9.93. The molecule has 0 radical (unpaired) electrons. The van der Waals surface area contributed by atoms with E-state index in [-0.39, 0.29) is 0 Å². The van der Waals surface area contributed by atoms with Crippen molar-refractivity contribution < 1.29 is 9.84 Å². The van der Waals surface area contributed by atoms with E-state index in [4.69, 9.17) is 4.74 Å². The first-order chi connectivity index (χ1) is 9.16. The van der Waals surface area contributed by atoms with Gasteiger partial charge in [-0.05, 0) is 36.1 Å². The average Bonchev–Trinajstić information content (AvgIpc) is 3.03. The van der Waals surface area contributed by atoms with E-state index in [1.807, 2.05) is 0 Å². The predicted molar refractivity (Wildman–Crippen MR) is 79.5 cm³/mol. The van der Waals surface area contributed by atoms with Gasteiger partial charge in [-0.15, -0.1) is 11.3 Å². The summed E-state index contributed by atoms with van der Waals surface area (Å²) in [6, 6.07) is 4.54. The summed E-state index contributed by atoms with van der Waals surface area (Å²) in [7, 11) is 0. The predicted octanol–water partition coefficient (Wildman–Crippen LogP) is 2.82. The van der Waals surface area contributed by atoms with Crippen LogP contribution in [0.15, 0.2) is 17.5 Å². The van der Waals surface area contributed by atoms with E-state index in [2.05, 4.69) is 36.7 Å². The number of aliphatic hydroxyl groups excluding tert-OH is 1. The third kappa shape index (κ3) is 5.22. The highest BCUT2D eigenvalue weighted by Crippen LogP contribution is 2.29. The van der Waals surface area contributed by atoms with Gasteiger partial charge in [0.15, 0.2) is 0 Å². The van der Waals surface area contributed by atoms with Gasteiger partial charge in [0.05, 0.1) is 12.7 Å². The second-order valence-electron chi connectivity index (χ2n) is 5.78. The first-order valence-electron chi connectivity index (χ1n) is 7.19. The van der Waals surface area contributed by atoms with E-state index < -0.39 is 6.10 Å². The van der Waals surface area contributed by atoms with E-state index in [0.717, 1.165) is 12.5 Å². The zero-order valence-corrected chi connectivity index (χ0v) is 12.7. The Labute approximate surface area is 120 Å². The monoisotopic (exact) mass is 283 g/mol. The van der Waals surface area contributed by atoms with E-state index >= 15 is 0 Å². The number of aliphatic hydroxyl groups is 1. The summed E-state index contributed by atoms with van der Waals surface area (Å²) < 4.78 is 5.52. The van der Waals surface area contributed by atoms with Crippen LogP contribution in [-0.2, 0) is 4.74 Å². The molecule has 1 saturated carbocycles. The highest BCUT2D eigenvalue weighted by Gasteiger charge is 2.22. The summed E-state index contributed by atoms with van der Waals surface area (Å²) >= 11 is 1.77. The lowest BCUT2D eigenvalue weighted by Crippen LogP contribution is -2.35. The Morgan fingerprint density at radius 2 is 2.26 bits per heavy atom. The van der Waals surface area contributed by atoms with Crippen LogP contribution in [0.25, 0.3) is 0 Å². The van der Waals surface area contributed by atoms with Gasteiger partial charge in [-0.3, -0.25) is 0 Å². The summed E-state index contributed by atoms with van der Waals surface area (Å²) in [5.74, 6) is 1.27. The van der Waals surface area contributed by atoms with Crippen LogP contribution < -0.4 is 5.32 Å². The Balaban J connectivity index is 1.68. The molecule has 1 aromatic rings. The Morgan fingerprint density at radius 1 is 1.47 bits per heavy atom. The number of rotatable bonds is 9. The molecular weight excluding hydrogens is 258 g/mol. The van der Waals surface area contributed by atoms with E-state index in [1.54, 1.807) is 11.3 Å². The minimum absolute atomic E-state index is 0.318. The first-order valence-corrected chi connectivity index (χ1v) is 8.07. The fraction of sp³-hybridized carbons (Fsp3) is 0.733. The molecule has 1 heterocycles. The number of ether oxygens (including phenoxy) is 1. The van der Waals surface area contributed by atoms with Gasteiger partial charge >= 0.3 is 0 Å². The minimum atomic E-state index is -0.417. The molecular formula is C15H25NO2S. The summed E-state index contributed by atoms with van der Waals surface area (Å²) in [5, 5.41) is 15.5. The summed E-state index contributed by atoms with van der Waals surface area (Å²) in [4.78, 5) is 1.33. The van der Waals surface area contributed by atoms with Gasteiger partial charge in [0.2, 0.25) is 0 Å². The molecule has 108 valence electrons. The molecule has 0 amide bonds. The average molecular weight is 283 g/mol. The smallest absolute Gasteiger partial charge is 0.0897 e. The van der Waals surface area contributed by atoms with Crippen molar-refractivity contribution in [3.05, 3.63) is 22.4 Å². The van der Waals surface area contributed by atoms with Crippen molar-refractivity contribution in [3.8, 4) is 0 Å². The number of nitrogens with one attached hydrogen (secondary N) is 1.